The molecule has 2 aliphatic heterocycles. The van der Waals surface area contributed by atoms with Crippen LogP contribution in [0.25, 0.3) is 0 Å². The predicted octanol–water partition coefficient (Wildman–Crippen LogP) is -0.0312. The molecule has 2 aliphatic rings. The van der Waals surface area contributed by atoms with Crippen molar-refractivity contribution in [3.63, 3.8) is 0 Å². The average Bonchev–Trinajstić information content (AvgIpc) is 3.18. The van der Waals surface area contributed by atoms with E-state index < -0.39 is 20.0 Å². The molecule has 1 atom stereocenters. The highest BCUT2D eigenvalue weighted by Crippen LogP contribution is 2.38. The molecule has 3 rings (SSSR count). The van der Waals surface area contributed by atoms with Crippen molar-refractivity contribution >= 4 is 20.0 Å². The third-order valence-corrected chi connectivity index (χ3v) is 8.07. The zero-order valence-corrected chi connectivity index (χ0v) is 14.6. The van der Waals surface area contributed by atoms with Crippen LogP contribution in [0.2, 0.25) is 0 Å². The second-order valence-electron chi connectivity index (χ2n) is 6.19. The summed E-state index contributed by atoms with van der Waals surface area (Å²) in [5.41, 5.74) is 0.0580. The summed E-state index contributed by atoms with van der Waals surface area (Å²) in [6, 6.07) is 5.36. The second kappa shape index (κ2) is 5.82. The van der Waals surface area contributed by atoms with Crippen molar-refractivity contribution in [2.45, 2.75) is 22.6 Å². The molecule has 0 aromatic heterocycles. The Morgan fingerprint density at radius 1 is 1.09 bits per heavy atom. The Bertz CT molecular complexity index is 782. The summed E-state index contributed by atoms with van der Waals surface area (Å²) in [6.07, 6.45) is 1.86. The maximum Gasteiger partial charge on any atom is 0.243 e. The van der Waals surface area contributed by atoms with Crippen LogP contribution in [0.1, 0.15) is 12.8 Å². The molecule has 1 aromatic rings. The average molecular weight is 359 g/mol. The van der Waals surface area contributed by atoms with E-state index in [9.17, 15) is 16.8 Å². The first-order chi connectivity index (χ1) is 10.8. The molecule has 0 bridgehead atoms. The van der Waals surface area contributed by atoms with E-state index in [2.05, 4.69) is 10.0 Å². The molecule has 0 amide bonds. The van der Waals surface area contributed by atoms with Gasteiger partial charge in [-0.2, -0.15) is 4.31 Å². The van der Waals surface area contributed by atoms with Crippen molar-refractivity contribution in [3.05, 3.63) is 24.3 Å². The summed E-state index contributed by atoms with van der Waals surface area (Å²) in [4.78, 5) is 0.187. The number of sulfonamides is 2. The Morgan fingerprint density at radius 3 is 2.30 bits per heavy atom. The predicted molar refractivity (Wildman–Crippen MR) is 86.0 cm³/mol. The first-order valence-corrected chi connectivity index (χ1v) is 10.5. The molecule has 2 N–H and O–H groups in total. The van der Waals surface area contributed by atoms with Gasteiger partial charge in [-0.1, -0.05) is 0 Å². The highest BCUT2D eigenvalue weighted by Gasteiger charge is 2.44. The molecule has 2 heterocycles. The summed E-state index contributed by atoms with van der Waals surface area (Å²) in [7, 11) is -5.83. The summed E-state index contributed by atoms with van der Waals surface area (Å²) < 4.78 is 52.6. The number of benzene rings is 1. The first-order valence-electron chi connectivity index (χ1n) is 7.54. The van der Waals surface area contributed by atoms with Crippen LogP contribution in [0.4, 0.5) is 0 Å². The highest BCUT2D eigenvalue weighted by atomic mass is 32.2. The fraction of sp³-hybridized carbons (Fsp3) is 0.571. The van der Waals surface area contributed by atoms with Crippen molar-refractivity contribution in [1.29, 1.82) is 0 Å². The van der Waals surface area contributed by atoms with Gasteiger partial charge in [0.2, 0.25) is 20.0 Å². The molecule has 1 spiro atoms. The lowest BCUT2D eigenvalue weighted by Crippen LogP contribution is -2.33. The Labute approximate surface area is 137 Å². The van der Waals surface area contributed by atoms with Gasteiger partial charge in [-0.3, -0.25) is 0 Å². The lowest BCUT2D eigenvalue weighted by Gasteiger charge is -2.22. The van der Waals surface area contributed by atoms with E-state index in [1.165, 1.54) is 35.6 Å². The van der Waals surface area contributed by atoms with Crippen molar-refractivity contribution < 1.29 is 16.8 Å². The molecular weight excluding hydrogens is 338 g/mol. The van der Waals surface area contributed by atoms with Crippen molar-refractivity contribution in [2.75, 3.05) is 33.2 Å². The summed E-state index contributed by atoms with van der Waals surface area (Å²) in [5.74, 6) is 0. The molecule has 1 unspecified atom stereocenters. The molecule has 23 heavy (non-hydrogen) atoms. The minimum Gasteiger partial charge on any atom is -0.316 e. The third kappa shape index (κ3) is 3.03. The van der Waals surface area contributed by atoms with Crippen LogP contribution >= 0.6 is 0 Å². The van der Waals surface area contributed by atoms with Gasteiger partial charge in [0.15, 0.2) is 0 Å². The molecular formula is C14H21N3O4S2. The Hall–Kier alpha value is -1.00. The van der Waals surface area contributed by atoms with Gasteiger partial charge in [0.05, 0.1) is 9.79 Å². The van der Waals surface area contributed by atoms with Gasteiger partial charge >= 0.3 is 0 Å². The summed E-state index contributed by atoms with van der Waals surface area (Å²) in [6.45, 7) is 2.84. The van der Waals surface area contributed by atoms with Crippen LogP contribution in [-0.4, -0.2) is 54.4 Å². The van der Waals surface area contributed by atoms with Crippen LogP contribution in [-0.2, 0) is 20.0 Å². The van der Waals surface area contributed by atoms with Gasteiger partial charge in [0.1, 0.15) is 0 Å². The van der Waals surface area contributed by atoms with Crippen LogP contribution in [0, 0.1) is 5.41 Å². The highest BCUT2D eigenvalue weighted by molar-refractivity contribution is 7.89. The van der Waals surface area contributed by atoms with Gasteiger partial charge in [-0.25, -0.2) is 21.6 Å². The van der Waals surface area contributed by atoms with Gasteiger partial charge < -0.3 is 5.32 Å². The number of hydrogen-bond donors (Lipinski definition) is 2. The van der Waals surface area contributed by atoms with E-state index in [0.29, 0.717) is 13.1 Å². The molecule has 2 fully saturated rings. The fourth-order valence-electron chi connectivity index (χ4n) is 3.30. The molecule has 2 saturated heterocycles. The molecule has 0 radical (unpaired) electrons. The normalized spacial score (nSPS) is 26.1. The number of nitrogens with one attached hydrogen (secondary N) is 2. The minimum absolute atomic E-state index is 0.0526. The first kappa shape index (κ1) is 16.8. The number of nitrogens with zero attached hydrogens (tertiary/aromatic N) is 1. The van der Waals surface area contributed by atoms with E-state index >= 15 is 0 Å². The zero-order valence-electron chi connectivity index (χ0n) is 12.9. The maximum atomic E-state index is 12.7. The summed E-state index contributed by atoms with van der Waals surface area (Å²) >= 11 is 0. The maximum absolute atomic E-state index is 12.7. The largest absolute Gasteiger partial charge is 0.316 e. The van der Waals surface area contributed by atoms with Crippen molar-refractivity contribution in [3.8, 4) is 0 Å². The molecule has 128 valence electrons. The Balaban J connectivity index is 1.83. The monoisotopic (exact) mass is 359 g/mol. The fourth-order valence-corrected chi connectivity index (χ4v) is 5.58. The third-order valence-electron chi connectivity index (χ3n) is 4.78. The lowest BCUT2D eigenvalue weighted by atomic mass is 9.87. The minimum atomic E-state index is -3.58. The van der Waals surface area contributed by atoms with Gasteiger partial charge in [0, 0.05) is 19.6 Å². The zero-order chi connectivity index (χ0) is 16.7. The van der Waals surface area contributed by atoms with Crippen LogP contribution in [0.5, 0.6) is 0 Å². The van der Waals surface area contributed by atoms with E-state index in [1.54, 1.807) is 0 Å². The van der Waals surface area contributed by atoms with Crippen LogP contribution < -0.4 is 10.0 Å². The van der Waals surface area contributed by atoms with Gasteiger partial charge in [-0.15, -0.1) is 0 Å². The molecule has 9 heteroatoms. The van der Waals surface area contributed by atoms with E-state index in [4.69, 9.17) is 0 Å². The lowest BCUT2D eigenvalue weighted by molar-refractivity contribution is 0.338. The van der Waals surface area contributed by atoms with E-state index in [0.717, 1.165) is 25.9 Å². The number of rotatable bonds is 4. The molecule has 1 aromatic carbocycles. The second-order valence-corrected chi connectivity index (χ2v) is 10.0. The van der Waals surface area contributed by atoms with Crippen LogP contribution in [0.3, 0.4) is 0 Å². The van der Waals surface area contributed by atoms with Gasteiger partial charge in [0.25, 0.3) is 0 Å². The number of hydrogen-bond acceptors (Lipinski definition) is 5. The molecule has 0 aliphatic carbocycles. The van der Waals surface area contributed by atoms with E-state index in [1.807, 2.05) is 0 Å². The van der Waals surface area contributed by atoms with Crippen molar-refractivity contribution in [2.24, 2.45) is 5.41 Å². The van der Waals surface area contributed by atoms with Crippen molar-refractivity contribution in [1.82, 2.24) is 14.3 Å². The quantitative estimate of drug-likeness (QED) is 0.787. The molecule has 7 nitrogen and oxygen atoms in total. The Morgan fingerprint density at radius 2 is 1.74 bits per heavy atom. The van der Waals surface area contributed by atoms with Gasteiger partial charge in [-0.05, 0) is 56.1 Å². The van der Waals surface area contributed by atoms with E-state index in [-0.39, 0.29) is 15.2 Å². The Kier molecular flexibility index (Phi) is 4.26. The SMILES string of the molecule is CNS(=O)(=O)c1ccc(S(=O)(=O)N2CCC3(CCNC3)C2)cc1. The summed E-state index contributed by atoms with van der Waals surface area (Å²) in [5, 5.41) is 3.30. The van der Waals surface area contributed by atoms with Crippen LogP contribution in [0.15, 0.2) is 34.1 Å². The smallest absolute Gasteiger partial charge is 0.243 e. The molecule has 0 saturated carbocycles. The standard InChI is InChI=1S/C14H21N3O4S2/c1-15-22(18,19)12-2-4-13(5-3-12)23(20,21)17-9-7-14(11-17)6-8-16-10-14/h2-5,15-16H,6-11H2,1H3. The topological polar surface area (TPSA) is 95.6 Å².